The fourth-order valence-electron chi connectivity index (χ4n) is 1.12. The van der Waals surface area contributed by atoms with Gasteiger partial charge in [-0.3, -0.25) is 4.79 Å². The third-order valence-corrected chi connectivity index (χ3v) is 2.56. The van der Waals surface area contributed by atoms with Gasteiger partial charge in [-0.15, -0.1) is 11.3 Å². The fraction of sp³-hybridized carbons (Fsp3) is 0.556. The van der Waals surface area contributed by atoms with Crippen molar-refractivity contribution in [3.8, 4) is 0 Å². The first-order chi connectivity index (χ1) is 6.77. The second kappa shape index (κ2) is 5.72. The summed E-state index contributed by atoms with van der Waals surface area (Å²) in [4.78, 5) is 15.4. The number of rotatable bonds is 5. The molecule has 0 radical (unpaired) electrons. The molecular formula is C9H14N2O2S. The van der Waals surface area contributed by atoms with Crippen LogP contribution in [0.15, 0.2) is 10.9 Å². The van der Waals surface area contributed by atoms with E-state index in [1.165, 1.54) is 11.3 Å². The van der Waals surface area contributed by atoms with Crippen LogP contribution < -0.4 is 5.32 Å². The molecule has 0 aromatic carbocycles. The van der Waals surface area contributed by atoms with Crippen molar-refractivity contribution < 1.29 is 9.90 Å². The third-order valence-electron chi connectivity index (χ3n) is 1.97. The van der Waals surface area contributed by atoms with Gasteiger partial charge < -0.3 is 10.4 Å². The first-order valence-electron chi connectivity index (χ1n) is 4.57. The SMILES string of the molecule is CCC(CCO)NC(=O)c1cscn1. The number of aliphatic hydroxyl groups excluding tert-OH is 1. The molecule has 1 aromatic heterocycles. The number of nitrogens with one attached hydrogen (secondary N) is 1. The Hall–Kier alpha value is -0.940. The number of thiazole rings is 1. The summed E-state index contributed by atoms with van der Waals surface area (Å²) >= 11 is 1.39. The lowest BCUT2D eigenvalue weighted by Gasteiger charge is -2.14. The highest BCUT2D eigenvalue weighted by molar-refractivity contribution is 7.07. The molecule has 2 N–H and O–H groups in total. The molecule has 5 heteroatoms. The van der Waals surface area contributed by atoms with Gasteiger partial charge in [0.2, 0.25) is 0 Å². The smallest absolute Gasteiger partial charge is 0.270 e. The zero-order chi connectivity index (χ0) is 10.4. The van der Waals surface area contributed by atoms with Crippen molar-refractivity contribution in [2.75, 3.05) is 6.61 Å². The van der Waals surface area contributed by atoms with Crippen molar-refractivity contribution in [1.82, 2.24) is 10.3 Å². The number of amides is 1. The number of aliphatic hydroxyl groups is 1. The summed E-state index contributed by atoms with van der Waals surface area (Å²) in [5.74, 6) is -0.161. The molecule has 14 heavy (non-hydrogen) atoms. The number of carbonyl (C=O) groups is 1. The van der Waals surface area contributed by atoms with Crippen LogP contribution in [0.5, 0.6) is 0 Å². The average molecular weight is 214 g/mol. The highest BCUT2D eigenvalue weighted by Gasteiger charge is 2.12. The molecule has 0 saturated carbocycles. The minimum absolute atomic E-state index is 0.0363. The Morgan fingerprint density at radius 3 is 3.07 bits per heavy atom. The van der Waals surface area contributed by atoms with E-state index in [0.29, 0.717) is 12.1 Å². The maximum absolute atomic E-state index is 11.5. The van der Waals surface area contributed by atoms with Crippen LogP contribution in [0.4, 0.5) is 0 Å². The highest BCUT2D eigenvalue weighted by atomic mass is 32.1. The van der Waals surface area contributed by atoms with Crippen molar-refractivity contribution in [1.29, 1.82) is 0 Å². The Morgan fingerprint density at radius 1 is 1.79 bits per heavy atom. The molecule has 0 bridgehead atoms. The van der Waals surface area contributed by atoms with Gasteiger partial charge >= 0.3 is 0 Å². The summed E-state index contributed by atoms with van der Waals surface area (Å²) in [7, 11) is 0. The minimum Gasteiger partial charge on any atom is -0.396 e. The van der Waals surface area contributed by atoms with E-state index >= 15 is 0 Å². The Labute approximate surface area is 87.0 Å². The number of carbonyl (C=O) groups excluding carboxylic acids is 1. The zero-order valence-corrected chi connectivity index (χ0v) is 8.88. The molecule has 1 atom stereocenters. The molecule has 0 aliphatic rings. The Bertz CT molecular complexity index is 274. The molecule has 0 aliphatic carbocycles. The Kier molecular flexibility index (Phi) is 4.55. The predicted octanol–water partition coefficient (Wildman–Crippen LogP) is 1.03. The molecule has 1 aromatic rings. The van der Waals surface area contributed by atoms with Crippen LogP contribution in [0.1, 0.15) is 30.3 Å². The van der Waals surface area contributed by atoms with Gasteiger partial charge in [-0.25, -0.2) is 4.98 Å². The van der Waals surface area contributed by atoms with Crippen LogP contribution in [-0.4, -0.2) is 28.6 Å². The van der Waals surface area contributed by atoms with Gasteiger partial charge in [-0.2, -0.15) is 0 Å². The summed E-state index contributed by atoms with van der Waals surface area (Å²) in [6, 6.07) is 0.0363. The Balaban J connectivity index is 2.47. The monoisotopic (exact) mass is 214 g/mol. The second-order valence-corrected chi connectivity index (χ2v) is 3.68. The summed E-state index contributed by atoms with van der Waals surface area (Å²) in [6.07, 6.45) is 1.41. The maximum atomic E-state index is 11.5. The van der Waals surface area contributed by atoms with Crippen molar-refractivity contribution >= 4 is 17.2 Å². The molecular weight excluding hydrogens is 200 g/mol. The average Bonchev–Trinajstić information content (AvgIpc) is 2.69. The van der Waals surface area contributed by atoms with Crippen molar-refractivity contribution in [3.63, 3.8) is 0 Å². The maximum Gasteiger partial charge on any atom is 0.270 e. The molecule has 78 valence electrons. The summed E-state index contributed by atoms with van der Waals surface area (Å²) < 4.78 is 0. The van der Waals surface area contributed by atoms with Crippen LogP contribution in [0.25, 0.3) is 0 Å². The number of nitrogens with zero attached hydrogens (tertiary/aromatic N) is 1. The van der Waals surface area contributed by atoms with Gasteiger partial charge in [-0.05, 0) is 12.8 Å². The normalized spacial score (nSPS) is 12.4. The summed E-state index contributed by atoms with van der Waals surface area (Å²) in [5.41, 5.74) is 2.08. The molecule has 1 heterocycles. The second-order valence-electron chi connectivity index (χ2n) is 2.96. The van der Waals surface area contributed by atoms with Crippen LogP contribution in [0.3, 0.4) is 0 Å². The van der Waals surface area contributed by atoms with Gasteiger partial charge in [0, 0.05) is 18.0 Å². The van der Waals surface area contributed by atoms with E-state index in [1.807, 2.05) is 6.92 Å². The van der Waals surface area contributed by atoms with Crippen LogP contribution >= 0.6 is 11.3 Å². The molecule has 1 rings (SSSR count). The lowest BCUT2D eigenvalue weighted by atomic mass is 10.1. The topological polar surface area (TPSA) is 62.2 Å². The molecule has 0 fully saturated rings. The first kappa shape index (κ1) is 11.1. The largest absolute Gasteiger partial charge is 0.396 e. The Morgan fingerprint density at radius 2 is 2.57 bits per heavy atom. The van der Waals surface area contributed by atoms with Crippen molar-refractivity contribution in [2.24, 2.45) is 0 Å². The number of aromatic nitrogens is 1. The van der Waals surface area contributed by atoms with E-state index in [4.69, 9.17) is 5.11 Å². The highest BCUT2D eigenvalue weighted by Crippen LogP contribution is 2.03. The molecule has 1 unspecified atom stereocenters. The fourth-order valence-corrected chi connectivity index (χ4v) is 1.65. The molecule has 4 nitrogen and oxygen atoms in total. The molecule has 0 spiro atoms. The number of hydrogen-bond acceptors (Lipinski definition) is 4. The van der Waals surface area contributed by atoms with Gasteiger partial charge in [0.05, 0.1) is 5.51 Å². The number of hydrogen-bond donors (Lipinski definition) is 2. The van der Waals surface area contributed by atoms with Gasteiger partial charge in [-0.1, -0.05) is 6.92 Å². The van der Waals surface area contributed by atoms with E-state index < -0.39 is 0 Å². The van der Waals surface area contributed by atoms with E-state index in [1.54, 1.807) is 10.9 Å². The molecule has 1 amide bonds. The predicted molar refractivity (Wildman–Crippen MR) is 55.4 cm³/mol. The standard InChI is InChI=1S/C9H14N2O2S/c1-2-7(3-4-12)11-9(13)8-5-14-6-10-8/h5-7,12H,2-4H2,1H3,(H,11,13). The van der Waals surface area contributed by atoms with E-state index in [-0.39, 0.29) is 18.6 Å². The van der Waals surface area contributed by atoms with Gasteiger partial charge in [0.25, 0.3) is 5.91 Å². The summed E-state index contributed by atoms with van der Waals surface area (Å²) in [5, 5.41) is 13.3. The van der Waals surface area contributed by atoms with Gasteiger partial charge in [0.1, 0.15) is 5.69 Å². The zero-order valence-electron chi connectivity index (χ0n) is 8.06. The van der Waals surface area contributed by atoms with Crippen molar-refractivity contribution in [3.05, 3.63) is 16.6 Å². The van der Waals surface area contributed by atoms with Crippen LogP contribution in [0, 0.1) is 0 Å². The van der Waals surface area contributed by atoms with E-state index in [9.17, 15) is 4.79 Å². The van der Waals surface area contributed by atoms with E-state index in [0.717, 1.165) is 6.42 Å². The quantitative estimate of drug-likeness (QED) is 0.769. The molecule has 0 aliphatic heterocycles. The lowest BCUT2D eigenvalue weighted by Crippen LogP contribution is -2.35. The molecule has 0 saturated heterocycles. The van der Waals surface area contributed by atoms with Crippen molar-refractivity contribution in [2.45, 2.75) is 25.8 Å². The summed E-state index contributed by atoms with van der Waals surface area (Å²) in [6.45, 7) is 2.07. The minimum atomic E-state index is -0.161. The van der Waals surface area contributed by atoms with Gasteiger partial charge in [0.15, 0.2) is 0 Å². The third kappa shape index (κ3) is 3.08. The lowest BCUT2D eigenvalue weighted by molar-refractivity contribution is 0.0925. The van der Waals surface area contributed by atoms with E-state index in [2.05, 4.69) is 10.3 Å². The van der Waals surface area contributed by atoms with Crippen LogP contribution in [-0.2, 0) is 0 Å². The van der Waals surface area contributed by atoms with Crippen LogP contribution in [0.2, 0.25) is 0 Å². The first-order valence-corrected chi connectivity index (χ1v) is 5.52.